The molecule has 0 bridgehead atoms. The van der Waals surface area contributed by atoms with E-state index in [1.54, 1.807) is 25.5 Å². The molecule has 1 atom stereocenters. The lowest BCUT2D eigenvalue weighted by atomic mass is 10.1. The maximum atomic E-state index is 12.8. The van der Waals surface area contributed by atoms with Gasteiger partial charge >= 0.3 is 0 Å². The summed E-state index contributed by atoms with van der Waals surface area (Å²) in [6.07, 6.45) is 0.519. The van der Waals surface area contributed by atoms with Crippen molar-refractivity contribution < 1.29 is 12.9 Å². The first-order valence-electron chi connectivity index (χ1n) is 8.74. The number of hydrogen-bond donors (Lipinski definition) is 1. The number of nitrogens with one attached hydrogen (secondary N) is 1. The fraction of sp³-hybridized carbons (Fsp3) is 0.389. The predicted octanol–water partition coefficient (Wildman–Crippen LogP) is 2.53. The van der Waals surface area contributed by atoms with E-state index in [4.69, 9.17) is 4.52 Å². The van der Waals surface area contributed by atoms with Crippen molar-refractivity contribution in [3.63, 3.8) is 0 Å². The molecule has 0 fully saturated rings. The first kappa shape index (κ1) is 19.2. The average molecular weight is 389 g/mol. The van der Waals surface area contributed by atoms with E-state index in [-0.39, 0.29) is 10.8 Å². The highest BCUT2D eigenvalue weighted by atomic mass is 32.2. The van der Waals surface area contributed by atoms with Gasteiger partial charge < -0.3 is 4.52 Å². The number of aryl methyl sites for hydroxylation is 2. The zero-order chi connectivity index (χ0) is 19.6. The van der Waals surface area contributed by atoms with Crippen LogP contribution in [0.15, 0.2) is 39.8 Å². The summed E-state index contributed by atoms with van der Waals surface area (Å²) in [5.74, 6) is 0.733. The minimum atomic E-state index is -3.77. The van der Waals surface area contributed by atoms with Gasteiger partial charge in [0.1, 0.15) is 4.90 Å². The van der Waals surface area contributed by atoms with E-state index in [0.717, 1.165) is 5.56 Å². The molecule has 3 aromatic rings. The van der Waals surface area contributed by atoms with E-state index in [9.17, 15) is 8.42 Å². The van der Waals surface area contributed by atoms with Gasteiger partial charge in [-0.2, -0.15) is 14.8 Å². The Balaban J connectivity index is 1.77. The monoisotopic (exact) mass is 389 g/mol. The number of aromatic nitrogens is 4. The van der Waals surface area contributed by atoms with Crippen LogP contribution >= 0.6 is 0 Å². The molecule has 1 aromatic carbocycles. The molecular formula is C18H23N5O3S. The highest BCUT2D eigenvalue weighted by Crippen LogP contribution is 2.22. The first-order chi connectivity index (χ1) is 12.8. The van der Waals surface area contributed by atoms with Gasteiger partial charge in [0.2, 0.25) is 15.9 Å². The Morgan fingerprint density at radius 3 is 2.56 bits per heavy atom. The minimum Gasteiger partial charge on any atom is -0.338 e. The molecule has 0 saturated carbocycles. The molecule has 0 saturated heterocycles. The molecule has 0 radical (unpaired) electrons. The van der Waals surface area contributed by atoms with Gasteiger partial charge in [0.15, 0.2) is 5.82 Å². The molecule has 0 aliphatic rings. The summed E-state index contributed by atoms with van der Waals surface area (Å²) in [6.45, 7) is 7.62. The molecule has 9 heteroatoms. The fourth-order valence-corrected chi connectivity index (χ4v) is 4.62. The van der Waals surface area contributed by atoms with Crippen molar-refractivity contribution >= 4 is 10.0 Å². The van der Waals surface area contributed by atoms with E-state index < -0.39 is 16.1 Å². The van der Waals surface area contributed by atoms with Crippen LogP contribution in [0.4, 0.5) is 0 Å². The van der Waals surface area contributed by atoms with Crippen LogP contribution in [0.5, 0.6) is 0 Å². The minimum absolute atomic E-state index is 0.195. The van der Waals surface area contributed by atoms with Crippen LogP contribution in [0.25, 0.3) is 0 Å². The number of benzene rings is 1. The molecule has 0 amide bonds. The molecular weight excluding hydrogens is 366 g/mol. The third kappa shape index (κ3) is 4.09. The first-order valence-corrected chi connectivity index (χ1v) is 10.2. The third-order valence-electron chi connectivity index (χ3n) is 4.27. The van der Waals surface area contributed by atoms with Gasteiger partial charge in [-0.3, -0.25) is 4.68 Å². The molecule has 8 nitrogen and oxygen atoms in total. The molecule has 3 rings (SSSR count). The maximum absolute atomic E-state index is 12.8. The van der Waals surface area contributed by atoms with Crippen molar-refractivity contribution in [2.45, 2.75) is 51.6 Å². The van der Waals surface area contributed by atoms with Crippen molar-refractivity contribution in [2.24, 2.45) is 0 Å². The predicted molar refractivity (Wildman–Crippen MR) is 99.7 cm³/mol. The quantitative estimate of drug-likeness (QED) is 0.666. The molecule has 144 valence electrons. The molecule has 0 unspecified atom stereocenters. The Kier molecular flexibility index (Phi) is 5.43. The van der Waals surface area contributed by atoms with Crippen LogP contribution in [-0.2, 0) is 23.0 Å². The molecule has 0 aliphatic heterocycles. The summed E-state index contributed by atoms with van der Waals surface area (Å²) < 4.78 is 35.2. The van der Waals surface area contributed by atoms with Crippen molar-refractivity contribution in [2.75, 3.05) is 0 Å². The highest BCUT2D eigenvalue weighted by Gasteiger charge is 2.28. The molecule has 2 heterocycles. The summed E-state index contributed by atoms with van der Waals surface area (Å²) in [6, 6.07) is 9.10. The van der Waals surface area contributed by atoms with Crippen molar-refractivity contribution in [3.05, 3.63) is 59.0 Å². The molecule has 0 spiro atoms. The van der Waals surface area contributed by atoms with Crippen molar-refractivity contribution in [1.29, 1.82) is 0 Å². The lowest BCUT2D eigenvalue weighted by Crippen LogP contribution is -2.28. The largest absolute Gasteiger partial charge is 0.338 e. The summed E-state index contributed by atoms with van der Waals surface area (Å²) in [4.78, 5) is 4.52. The molecule has 1 N–H and O–H groups in total. The summed E-state index contributed by atoms with van der Waals surface area (Å²) >= 11 is 0. The highest BCUT2D eigenvalue weighted by molar-refractivity contribution is 7.89. The van der Waals surface area contributed by atoms with Crippen LogP contribution in [0.2, 0.25) is 0 Å². The fourth-order valence-electron chi connectivity index (χ4n) is 3.01. The number of hydrogen-bond acceptors (Lipinski definition) is 6. The van der Waals surface area contributed by atoms with Crippen LogP contribution in [0, 0.1) is 13.8 Å². The zero-order valence-electron chi connectivity index (χ0n) is 15.8. The van der Waals surface area contributed by atoms with Gasteiger partial charge in [0, 0.05) is 13.0 Å². The Labute approximate surface area is 158 Å². The number of sulfonamides is 1. The van der Waals surface area contributed by atoms with E-state index in [1.165, 1.54) is 0 Å². The Bertz CT molecular complexity index is 1020. The third-order valence-corrected chi connectivity index (χ3v) is 6.07. The zero-order valence-corrected chi connectivity index (χ0v) is 16.6. The van der Waals surface area contributed by atoms with Gasteiger partial charge in [-0.1, -0.05) is 35.5 Å². The van der Waals surface area contributed by atoms with Crippen molar-refractivity contribution in [1.82, 2.24) is 24.6 Å². The summed E-state index contributed by atoms with van der Waals surface area (Å²) in [7, 11) is -3.77. The summed E-state index contributed by atoms with van der Waals surface area (Å²) in [5.41, 5.74) is 2.12. The number of nitrogens with zero attached hydrogens (tertiary/aromatic N) is 4. The second-order valence-electron chi connectivity index (χ2n) is 6.37. The Hall–Kier alpha value is -2.52. The molecule has 2 aromatic heterocycles. The van der Waals surface area contributed by atoms with Crippen LogP contribution < -0.4 is 4.72 Å². The normalized spacial score (nSPS) is 13.0. The average Bonchev–Trinajstić information content (AvgIpc) is 3.19. The van der Waals surface area contributed by atoms with Crippen LogP contribution in [0.1, 0.15) is 48.6 Å². The van der Waals surface area contributed by atoms with Gasteiger partial charge in [0.25, 0.3) is 0 Å². The van der Waals surface area contributed by atoms with Gasteiger partial charge in [0.05, 0.1) is 17.4 Å². The SMILES string of the molecule is CCn1nc(C)c(S(=O)(=O)N[C@H](C)c2nc(Cc3ccccc3)no2)c1C. The lowest BCUT2D eigenvalue weighted by molar-refractivity contribution is 0.350. The van der Waals surface area contributed by atoms with Crippen molar-refractivity contribution in [3.8, 4) is 0 Å². The van der Waals surface area contributed by atoms with Gasteiger partial charge in [-0.05, 0) is 33.3 Å². The Morgan fingerprint density at radius 1 is 1.22 bits per heavy atom. The standard InChI is InChI=1S/C18H23N5O3S/c1-5-23-14(4)17(12(2)20-23)27(24,25)22-13(3)18-19-16(21-26-18)11-15-9-7-6-8-10-15/h6-10,13,22H,5,11H2,1-4H3/t13-/m1/s1. The molecule has 0 aliphatic carbocycles. The van der Waals surface area contributed by atoms with Crippen LogP contribution in [-0.4, -0.2) is 28.3 Å². The maximum Gasteiger partial charge on any atom is 0.244 e. The topological polar surface area (TPSA) is 103 Å². The second kappa shape index (κ2) is 7.61. The van der Waals surface area contributed by atoms with E-state index in [2.05, 4.69) is 20.0 Å². The number of rotatable bonds is 7. The second-order valence-corrected chi connectivity index (χ2v) is 8.02. The summed E-state index contributed by atoms with van der Waals surface area (Å²) in [5, 5.41) is 8.22. The van der Waals surface area contributed by atoms with Gasteiger partial charge in [-0.25, -0.2) is 8.42 Å². The molecule has 27 heavy (non-hydrogen) atoms. The van der Waals surface area contributed by atoms with Gasteiger partial charge in [-0.15, -0.1) is 0 Å². The Morgan fingerprint density at radius 2 is 1.93 bits per heavy atom. The smallest absolute Gasteiger partial charge is 0.244 e. The lowest BCUT2D eigenvalue weighted by Gasteiger charge is -2.11. The van der Waals surface area contributed by atoms with E-state index in [0.29, 0.717) is 30.2 Å². The van der Waals surface area contributed by atoms with Crippen LogP contribution in [0.3, 0.4) is 0 Å². The van der Waals surface area contributed by atoms with E-state index >= 15 is 0 Å². The van der Waals surface area contributed by atoms with E-state index in [1.807, 2.05) is 37.3 Å².